The van der Waals surface area contributed by atoms with Crippen molar-refractivity contribution in [2.45, 2.75) is 25.2 Å². The number of nitrogens with two attached hydrogens (primary N) is 1. The highest BCUT2D eigenvalue weighted by Gasteiger charge is 2.20. The molecular weight excluding hydrogens is 262 g/mol. The van der Waals surface area contributed by atoms with Gasteiger partial charge >= 0.3 is 0 Å². The van der Waals surface area contributed by atoms with Crippen molar-refractivity contribution in [3.05, 3.63) is 41.7 Å². The number of nitrogens with one attached hydrogen (secondary N) is 1. The Labute approximate surface area is 123 Å². The zero-order chi connectivity index (χ0) is 14.2. The number of hydrogen-bond acceptors (Lipinski definition) is 4. The zero-order valence-corrected chi connectivity index (χ0v) is 11.9. The molecule has 0 amide bonds. The van der Waals surface area contributed by atoms with E-state index in [0.29, 0.717) is 11.7 Å². The minimum Gasteiger partial charge on any atom is -0.384 e. The third kappa shape index (κ3) is 2.14. The average molecular weight is 281 g/mol. The number of hydrogen-bond donors (Lipinski definition) is 2. The van der Waals surface area contributed by atoms with Crippen LogP contribution in [-0.4, -0.2) is 27.7 Å². The highest BCUT2D eigenvalue weighted by molar-refractivity contribution is 5.79. The van der Waals surface area contributed by atoms with Crippen molar-refractivity contribution < 1.29 is 0 Å². The van der Waals surface area contributed by atoms with Crippen LogP contribution in [0.15, 0.2) is 30.5 Å². The van der Waals surface area contributed by atoms with E-state index in [0.717, 1.165) is 36.4 Å². The third-order valence-corrected chi connectivity index (χ3v) is 4.35. The number of nitrogen functional groups attached to an aromatic ring is 1. The second-order valence-corrected chi connectivity index (χ2v) is 5.77. The zero-order valence-electron chi connectivity index (χ0n) is 11.9. The first-order chi connectivity index (χ1) is 10.3. The molecule has 0 bridgehead atoms. The topological polar surface area (TPSA) is 68.2 Å². The Kier molecular flexibility index (Phi) is 3.00. The molecule has 3 N–H and O–H groups in total. The second kappa shape index (κ2) is 5.00. The molecule has 0 aromatic carbocycles. The number of anilines is 1. The molecule has 1 aliphatic heterocycles. The largest absolute Gasteiger partial charge is 0.384 e. The van der Waals surface area contributed by atoms with E-state index in [1.54, 1.807) is 4.52 Å². The van der Waals surface area contributed by atoms with Crippen LogP contribution >= 0.6 is 0 Å². The molecule has 0 radical (unpaired) electrons. The van der Waals surface area contributed by atoms with Crippen LogP contribution in [0, 0.1) is 0 Å². The van der Waals surface area contributed by atoms with Crippen LogP contribution in [0.4, 0.5) is 5.82 Å². The van der Waals surface area contributed by atoms with Crippen molar-refractivity contribution in [3.63, 3.8) is 0 Å². The van der Waals surface area contributed by atoms with E-state index in [2.05, 4.69) is 28.6 Å². The van der Waals surface area contributed by atoms with Gasteiger partial charge in [0.2, 0.25) is 0 Å². The molecule has 3 heterocycles. The van der Waals surface area contributed by atoms with E-state index in [-0.39, 0.29) is 0 Å². The minimum absolute atomic E-state index is 0.449. The van der Waals surface area contributed by atoms with Gasteiger partial charge in [-0.15, -0.1) is 0 Å². The van der Waals surface area contributed by atoms with Gasteiger partial charge in [-0.25, -0.2) is 4.98 Å². The first-order valence-corrected chi connectivity index (χ1v) is 7.54. The molecule has 1 unspecified atom stereocenters. The summed E-state index contributed by atoms with van der Waals surface area (Å²) >= 11 is 0. The number of aromatic nitrogens is 3. The van der Waals surface area contributed by atoms with Gasteiger partial charge in [-0.3, -0.25) is 0 Å². The smallest absolute Gasteiger partial charge is 0.165 e. The van der Waals surface area contributed by atoms with Crippen LogP contribution in [0.2, 0.25) is 0 Å². The van der Waals surface area contributed by atoms with E-state index < -0.39 is 0 Å². The van der Waals surface area contributed by atoms with E-state index in [4.69, 9.17) is 10.7 Å². The molecule has 4 rings (SSSR count). The predicted octanol–water partition coefficient (Wildman–Crippen LogP) is 2.12. The van der Waals surface area contributed by atoms with E-state index in [9.17, 15) is 0 Å². The van der Waals surface area contributed by atoms with Crippen LogP contribution in [0.5, 0.6) is 0 Å². The summed E-state index contributed by atoms with van der Waals surface area (Å²) in [5, 5.41) is 7.83. The summed E-state index contributed by atoms with van der Waals surface area (Å²) in [6.07, 6.45) is 11.5. The Morgan fingerprint density at radius 1 is 1.38 bits per heavy atom. The Morgan fingerprint density at radius 2 is 2.33 bits per heavy atom. The lowest BCUT2D eigenvalue weighted by Gasteiger charge is -2.22. The van der Waals surface area contributed by atoms with Crippen LogP contribution in [-0.2, 0) is 0 Å². The van der Waals surface area contributed by atoms with Crippen LogP contribution in [0.3, 0.4) is 0 Å². The molecule has 1 atom stereocenters. The van der Waals surface area contributed by atoms with E-state index >= 15 is 0 Å². The maximum absolute atomic E-state index is 6.18. The van der Waals surface area contributed by atoms with Gasteiger partial charge in [0.15, 0.2) is 5.65 Å². The molecule has 1 aliphatic carbocycles. The number of allylic oxidation sites excluding steroid dienone is 4. The summed E-state index contributed by atoms with van der Waals surface area (Å²) in [4.78, 5) is 4.88. The molecule has 0 saturated carbocycles. The number of fused-ring (bicyclic) bond motifs is 1. The lowest BCUT2D eigenvalue weighted by atomic mass is 9.96. The van der Waals surface area contributed by atoms with Gasteiger partial charge < -0.3 is 11.1 Å². The monoisotopic (exact) mass is 281 g/mol. The van der Waals surface area contributed by atoms with Gasteiger partial charge in [-0.2, -0.15) is 9.61 Å². The van der Waals surface area contributed by atoms with Crippen molar-refractivity contribution >= 4 is 17.0 Å². The standard InChI is InChI=1S/C16H19N5/c17-15-8-14(12-6-3-7-18-9-12)20-16-13(10-19-21(15)16)11-4-1-2-5-11/h1-2,4,8,10,12,18H,3,5-7,9,17H2. The van der Waals surface area contributed by atoms with Crippen LogP contribution < -0.4 is 11.1 Å². The summed E-state index contributed by atoms with van der Waals surface area (Å²) in [5.41, 5.74) is 10.5. The molecule has 5 nitrogen and oxygen atoms in total. The third-order valence-electron chi connectivity index (χ3n) is 4.35. The van der Waals surface area contributed by atoms with Crippen LogP contribution in [0.25, 0.3) is 11.2 Å². The molecule has 1 fully saturated rings. The van der Waals surface area contributed by atoms with Gasteiger partial charge in [0.25, 0.3) is 0 Å². The maximum atomic E-state index is 6.18. The fraction of sp³-hybridized carbons (Fsp3) is 0.375. The first-order valence-electron chi connectivity index (χ1n) is 7.54. The molecule has 108 valence electrons. The van der Waals surface area contributed by atoms with Gasteiger partial charge in [-0.05, 0) is 31.4 Å². The number of rotatable bonds is 2. The quantitative estimate of drug-likeness (QED) is 0.884. The second-order valence-electron chi connectivity index (χ2n) is 5.77. The van der Waals surface area contributed by atoms with E-state index in [1.165, 1.54) is 18.4 Å². The van der Waals surface area contributed by atoms with Crippen molar-refractivity contribution in [3.8, 4) is 0 Å². The lowest BCUT2D eigenvalue weighted by Crippen LogP contribution is -2.29. The molecule has 2 aromatic rings. The number of piperidine rings is 1. The summed E-state index contributed by atoms with van der Waals surface area (Å²) in [5.74, 6) is 1.11. The fourth-order valence-corrected chi connectivity index (χ4v) is 3.19. The predicted molar refractivity (Wildman–Crippen MR) is 84.0 cm³/mol. The highest BCUT2D eigenvalue weighted by atomic mass is 15.3. The Hall–Kier alpha value is -2.14. The molecular formula is C16H19N5. The SMILES string of the molecule is Nc1cc(C2CCCNC2)nc2c(C3=CC=CC3)cnn12. The Morgan fingerprint density at radius 3 is 3.10 bits per heavy atom. The molecule has 2 aromatic heterocycles. The molecule has 0 spiro atoms. The van der Waals surface area contributed by atoms with Crippen molar-refractivity contribution in [2.24, 2.45) is 0 Å². The lowest BCUT2D eigenvalue weighted by molar-refractivity contribution is 0.455. The maximum Gasteiger partial charge on any atom is 0.165 e. The Bertz CT molecular complexity index is 734. The van der Waals surface area contributed by atoms with Crippen molar-refractivity contribution in [1.29, 1.82) is 0 Å². The summed E-state index contributed by atoms with van der Waals surface area (Å²) < 4.78 is 1.74. The normalized spacial score (nSPS) is 21.9. The van der Waals surface area contributed by atoms with Gasteiger partial charge in [0.05, 0.1) is 11.9 Å². The van der Waals surface area contributed by atoms with Crippen molar-refractivity contribution in [2.75, 3.05) is 18.8 Å². The van der Waals surface area contributed by atoms with Crippen LogP contribution in [0.1, 0.15) is 36.4 Å². The van der Waals surface area contributed by atoms with E-state index in [1.807, 2.05) is 12.3 Å². The molecule has 5 heteroatoms. The molecule has 1 saturated heterocycles. The summed E-state index contributed by atoms with van der Waals surface area (Å²) in [6, 6.07) is 1.97. The summed E-state index contributed by atoms with van der Waals surface area (Å²) in [6.45, 7) is 2.08. The highest BCUT2D eigenvalue weighted by Crippen LogP contribution is 2.29. The summed E-state index contributed by atoms with van der Waals surface area (Å²) in [7, 11) is 0. The average Bonchev–Trinajstić information content (AvgIpc) is 3.16. The number of nitrogens with zero attached hydrogens (tertiary/aromatic N) is 3. The van der Waals surface area contributed by atoms with Gasteiger partial charge in [0.1, 0.15) is 5.82 Å². The van der Waals surface area contributed by atoms with Gasteiger partial charge in [0, 0.05) is 24.1 Å². The van der Waals surface area contributed by atoms with Crippen molar-refractivity contribution in [1.82, 2.24) is 19.9 Å². The Balaban J connectivity index is 1.81. The minimum atomic E-state index is 0.449. The van der Waals surface area contributed by atoms with Gasteiger partial charge in [-0.1, -0.05) is 18.2 Å². The molecule has 2 aliphatic rings. The molecule has 21 heavy (non-hydrogen) atoms. The first kappa shape index (κ1) is 12.6. The fourth-order valence-electron chi connectivity index (χ4n) is 3.19.